The first-order valence-electron chi connectivity index (χ1n) is 11.4. The molecule has 0 unspecified atom stereocenters. The van der Waals surface area contributed by atoms with Crippen molar-refractivity contribution in [3.63, 3.8) is 0 Å². The number of hydrogen-bond donors (Lipinski definition) is 2. The fourth-order valence-electron chi connectivity index (χ4n) is 5.70. The molecule has 35 heavy (non-hydrogen) atoms. The Kier molecular flexibility index (Phi) is 5.08. The molecule has 188 valence electrons. The van der Waals surface area contributed by atoms with Crippen LogP contribution < -0.4 is 14.8 Å². The van der Waals surface area contributed by atoms with Gasteiger partial charge in [0.15, 0.2) is 6.10 Å². The van der Waals surface area contributed by atoms with E-state index < -0.39 is 30.8 Å². The van der Waals surface area contributed by atoms with Crippen LogP contribution in [0.25, 0.3) is 0 Å². The molecular formula is C23H22ClF3N2O6. The van der Waals surface area contributed by atoms with Crippen molar-refractivity contribution < 1.29 is 41.7 Å². The molecule has 2 heterocycles. The number of hydrogen-bond acceptors (Lipinski definition) is 7. The predicted molar refractivity (Wildman–Crippen MR) is 113 cm³/mol. The maximum absolute atomic E-state index is 12.9. The number of nitrogens with one attached hydrogen (secondary N) is 1. The molecule has 2 atom stereocenters. The standard InChI is InChI=1S/C23H22ClF3N2O6/c24-11-1-2-16-14(3-11)15(30)6-17(33-16)19(31)29-22-8-21(9-22,10-22)18-7-28-20(34-18)32-12-4-13(5-12)35-23(25,26)27/h1-3,7,12-13,15,17,30H,4-6,8-10H2,(H,29,31)/t12?,13?,15-,17+,21?,22?/m1/s1. The minimum absolute atomic E-state index is 0.0293. The van der Waals surface area contributed by atoms with E-state index in [-0.39, 0.29) is 42.2 Å². The van der Waals surface area contributed by atoms with Crippen molar-refractivity contribution >= 4 is 17.5 Å². The minimum Gasteiger partial charge on any atom is -0.480 e. The summed E-state index contributed by atoms with van der Waals surface area (Å²) in [5, 5.41) is 14.0. The monoisotopic (exact) mass is 514 g/mol. The van der Waals surface area contributed by atoms with Gasteiger partial charge in [-0.15, -0.1) is 13.2 Å². The number of alkyl halides is 3. The van der Waals surface area contributed by atoms with Crippen LogP contribution in [0.1, 0.15) is 56.0 Å². The highest BCUT2D eigenvalue weighted by Gasteiger charge is 2.71. The Labute approximate surface area is 202 Å². The van der Waals surface area contributed by atoms with E-state index in [0.717, 1.165) is 0 Å². The topological polar surface area (TPSA) is 103 Å². The van der Waals surface area contributed by atoms with Crippen LogP contribution in [0.3, 0.4) is 0 Å². The number of oxazole rings is 1. The van der Waals surface area contributed by atoms with Crippen LogP contribution in [0.5, 0.6) is 11.8 Å². The van der Waals surface area contributed by atoms with Crippen LogP contribution in [-0.2, 0) is 14.9 Å². The number of nitrogens with zero attached hydrogens (tertiary/aromatic N) is 1. The third-order valence-corrected chi connectivity index (χ3v) is 7.61. The first-order chi connectivity index (χ1) is 16.5. The molecule has 8 nitrogen and oxygen atoms in total. The van der Waals surface area contributed by atoms with Crippen LogP contribution in [0, 0.1) is 0 Å². The van der Waals surface area contributed by atoms with E-state index in [1.807, 2.05) is 0 Å². The second kappa shape index (κ2) is 7.75. The van der Waals surface area contributed by atoms with E-state index in [4.69, 9.17) is 25.5 Å². The lowest BCUT2D eigenvalue weighted by Crippen LogP contribution is -2.77. The Morgan fingerprint density at radius 2 is 1.94 bits per heavy atom. The molecule has 0 spiro atoms. The van der Waals surface area contributed by atoms with E-state index in [1.54, 1.807) is 24.4 Å². The highest BCUT2D eigenvalue weighted by atomic mass is 35.5. The van der Waals surface area contributed by atoms with Gasteiger partial charge in [0.05, 0.1) is 18.4 Å². The van der Waals surface area contributed by atoms with E-state index >= 15 is 0 Å². The lowest BCUT2D eigenvalue weighted by Gasteiger charge is -2.69. The molecule has 0 saturated heterocycles. The zero-order chi connectivity index (χ0) is 24.6. The SMILES string of the molecule is O=C(NC12CC(c3cnc(OC4CC(OC(F)(F)F)C4)o3)(C1)C2)[C@@H]1C[C@@H](O)c2cc(Cl)ccc2O1. The molecule has 1 aliphatic heterocycles. The van der Waals surface area contributed by atoms with Crippen molar-refractivity contribution in [3.8, 4) is 11.8 Å². The Hall–Kier alpha value is -2.50. The normalized spacial score (nSPS) is 35.0. The summed E-state index contributed by atoms with van der Waals surface area (Å²) in [5.41, 5.74) is -0.0188. The molecule has 0 radical (unpaired) electrons. The summed E-state index contributed by atoms with van der Waals surface area (Å²) < 4.78 is 57.7. The third-order valence-electron chi connectivity index (χ3n) is 7.38. The van der Waals surface area contributed by atoms with Gasteiger partial charge in [0.25, 0.3) is 5.91 Å². The van der Waals surface area contributed by atoms with Gasteiger partial charge in [-0.3, -0.25) is 9.53 Å². The quantitative estimate of drug-likeness (QED) is 0.601. The summed E-state index contributed by atoms with van der Waals surface area (Å²) in [6, 6.07) is 4.93. The fraction of sp³-hybridized carbons (Fsp3) is 0.565. The largest absolute Gasteiger partial charge is 0.522 e. The number of benzene rings is 1. The summed E-state index contributed by atoms with van der Waals surface area (Å²) in [4.78, 5) is 17.0. The molecule has 5 aliphatic rings. The summed E-state index contributed by atoms with van der Waals surface area (Å²) >= 11 is 5.98. The van der Waals surface area contributed by atoms with Crippen LogP contribution in [0.2, 0.25) is 5.02 Å². The first kappa shape index (κ1) is 22.9. The maximum Gasteiger partial charge on any atom is 0.522 e. The van der Waals surface area contributed by atoms with Gasteiger partial charge >= 0.3 is 12.4 Å². The number of aliphatic hydroxyl groups excluding tert-OH is 1. The molecular weight excluding hydrogens is 493 g/mol. The molecule has 7 rings (SSSR count). The van der Waals surface area contributed by atoms with Crippen molar-refractivity contribution in [2.75, 3.05) is 0 Å². The molecule has 1 aromatic carbocycles. The molecule has 4 saturated carbocycles. The molecule has 2 N–H and O–H groups in total. The third kappa shape index (κ3) is 4.13. The van der Waals surface area contributed by atoms with Crippen molar-refractivity contribution in [1.82, 2.24) is 10.3 Å². The second-order valence-electron chi connectivity index (χ2n) is 10.0. The van der Waals surface area contributed by atoms with Crippen LogP contribution >= 0.6 is 11.6 Å². The highest BCUT2D eigenvalue weighted by Crippen LogP contribution is 2.68. The number of aliphatic hydroxyl groups is 1. The van der Waals surface area contributed by atoms with Gasteiger partial charge in [0, 0.05) is 40.8 Å². The number of halogens is 4. The number of carbonyl (C=O) groups excluding carboxylic acids is 1. The lowest BCUT2D eigenvalue weighted by atomic mass is 9.38. The van der Waals surface area contributed by atoms with E-state index in [1.165, 1.54) is 0 Å². The molecule has 2 bridgehead atoms. The highest BCUT2D eigenvalue weighted by molar-refractivity contribution is 6.30. The number of ether oxygens (including phenoxy) is 3. The fourth-order valence-corrected chi connectivity index (χ4v) is 5.88. The van der Waals surface area contributed by atoms with E-state index in [0.29, 0.717) is 41.4 Å². The number of rotatable bonds is 6. The number of carbonyl (C=O) groups is 1. The Morgan fingerprint density at radius 3 is 2.66 bits per heavy atom. The van der Waals surface area contributed by atoms with Gasteiger partial charge in [-0.05, 0) is 37.5 Å². The number of amides is 1. The molecule has 1 aromatic heterocycles. The van der Waals surface area contributed by atoms with E-state index in [9.17, 15) is 23.1 Å². The van der Waals surface area contributed by atoms with Gasteiger partial charge in [0.1, 0.15) is 17.6 Å². The first-order valence-corrected chi connectivity index (χ1v) is 11.7. The maximum atomic E-state index is 12.9. The van der Waals surface area contributed by atoms with Crippen molar-refractivity contribution in [1.29, 1.82) is 0 Å². The van der Waals surface area contributed by atoms with Crippen molar-refractivity contribution in [2.24, 2.45) is 0 Å². The van der Waals surface area contributed by atoms with Gasteiger partial charge in [-0.2, -0.15) is 4.98 Å². The average Bonchev–Trinajstić information content (AvgIpc) is 3.15. The van der Waals surface area contributed by atoms with E-state index in [2.05, 4.69) is 15.0 Å². The van der Waals surface area contributed by atoms with Gasteiger partial charge in [-0.25, -0.2) is 0 Å². The Bertz CT molecular complexity index is 1140. The summed E-state index contributed by atoms with van der Waals surface area (Å²) in [5.74, 6) is 0.806. The van der Waals surface area contributed by atoms with Gasteiger partial charge < -0.3 is 24.3 Å². The Balaban J connectivity index is 1.00. The van der Waals surface area contributed by atoms with Gasteiger partial charge in [0.2, 0.25) is 0 Å². The Morgan fingerprint density at radius 1 is 1.20 bits per heavy atom. The van der Waals surface area contributed by atoms with Crippen molar-refractivity contribution in [3.05, 3.63) is 40.7 Å². The van der Waals surface area contributed by atoms with Crippen LogP contribution in [-0.4, -0.2) is 46.2 Å². The predicted octanol–water partition coefficient (Wildman–Crippen LogP) is 3.95. The summed E-state index contributed by atoms with van der Waals surface area (Å²) in [6.07, 6.45) is -3.63. The lowest BCUT2D eigenvalue weighted by molar-refractivity contribution is -0.355. The smallest absolute Gasteiger partial charge is 0.480 e. The number of fused-ring (bicyclic) bond motifs is 1. The minimum atomic E-state index is -4.65. The van der Waals surface area contributed by atoms with Gasteiger partial charge in [-0.1, -0.05) is 11.6 Å². The molecule has 4 aliphatic carbocycles. The summed E-state index contributed by atoms with van der Waals surface area (Å²) in [7, 11) is 0. The molecule has 12 heteroatoms. The molecule has 4 fully saturated rings. The van der Waals surface area contributed by atoms with Crippen LogP contribution in [0.15, 0.2) is 28.8 Å². The zero-order valence-corrected chi connectivity index (χ0v) is 19.1. The zero-order valence-electron chi connectivity index (χ0n) is 18.3. The molecule has 2 aromatic rings. The number of aromatic nitrogens is 1. The second-order valence-corrected chi connectivity index (χ2v) is 10.4. The average molecular weight is 515 g/mol. The van der Waals surface area contributed by atoms with Crippen molar-refractivity contribution in [2.45, 2.75) is 80.3 Å². The molecule has 1 amide bonds. The van der Waals surface area contributed by atoms with Crippen LogP contribution in [0.4, 0.5) is 13.2 Å². The summed E-state index contributed by atoms with van der Waals surface area (Å²) in [6.45, 7) is 0.